The molecule has 8 heteroatoms. The zero-order valence-corrected chi connectivity index (χ0v) is 16.2. The Hall–Kier alpha value is -2.58. The molecule has 0 aliphatic carbocycles. The third-order valence-electron chi connectivity index (χ3n) is 3.43. The van der Waals surface area contributed by atoms with Gasteiger partial charge in [-0.3, -0.25) is 14.9 Å². The lowest BCUT2D eigenvalue weighted by Crippen LogP contribution is -2.13. The maximum absolute atomic E-state index is 12.4. The molecule has 134 valence electrons. The van der Waals surface area contributed by atoms with Crippen LogP contribution in [0.5, 0.6) is 0 Å². The van der Waals surface area contributed by atoms with Gasteiger partial charge in [-0.25, -0.2) is 9.97 Å². The Morgan fingerprint density at radius 3 is 2.31 bits per heavy atom. The fourth-order valence-electron chi connectivity index (χ4n) is 2.08. The molecule has 0 spiro atoms. The highest BCUT2D eigenvalue weighted by atomic mass is 32.1. The molecule has 6 nitrogen and oxygen atoms in total. The van der Waals surface area contributed by atoms with Crippen LogP contribution >= 0.6 is 22.7 Å². The van der Waals surface area contributed by atoms with Crippen molar-refractivity contribution in [2.75, 3.05) is 10.6 Å². The largest absolute Gasteiger partial charge is 0.321 e. The molecule has 0 aliphatic rings. The molecule has 3 aromatic rings. The standard InChI is InChI=1S/C18H18N4O2S2/c1-18(2,3)16-20-10-13(26-16)15(24)21-12-6-4-11(5-7-12)14(23)22-17-19-8-9-25-17/h4-10H,1-3H3,(H,21,24)(H,19,22,23). The smallest absolute Gasteiger partial charge is 0.267 e. The van der Waals surface area contributed by atoms with E-state index in [1.807, 2.05) is 0 Å². The van der Waals surface area contributed by atoms with Crippen LogP contribution in [0, 0.1) is 0 Å². The number of thiazole rings is 2. The SMILES string of the molecule is CC(C)(C)c1ncc(C(=O)Nc2ccc(C(=O)Nc3nccs3)cc2)s1. The minimum absolute atomic E-state index is 0.0877. The Bertz CT molecular complexity index is 910. The fraction of sp³-hybridized carbons (Fsp3) is 0.222. The van der Waals surface area contributed by atoms with Gasteiger partial charge in [0.25, 0.3) is 11.8 Å². The van der Waals surface area contributed by atoms with Gasteiger partial charge >= 0.3 is 0 Å². The van der Waals surface area contributed by atoms with E-state index in [2.05, 4.69) is 41.4 Å². The van der Waals surface area contributed by atoms with Crippen molar-refractivity contribution >= 4 is 45.3 Å². The van der Waals surface area contributed by atoms with Crippen LogP contribution in [0.4, 0.5) is 10.8 Å². The highest BCUT2D eigenvalue weighted by Crippen LogP contribution is 2.27. The molecule has 0 radical (unpaired) electrons. The average molecular weight is 387 g/mol. The van der Waals surface area contributed by atoms with Crippen molar-refractivity contribution in [2.24, 2.45) is 0 Å². The first-order valence-electron chi connectivity index (χ1n) is 7.91. The molecule has 0 saturated carbocycles. The molecule has 0 fully saturated rings. The average Bonchev–Trinajstić information content (AvgIpc) is 3.26. The molecule has 2 N–H and O–H groups in total. The van der Waals surface area contributed by atoms with Gasteiger partial charge in [0, 0.05) is 28.2 Å². The summed E-state index contributed by atoms with van der Waals surface area (Å²) in [5.74, 6) is -0.451. The van der Waals surface area contributed by atoms with E-state index in [4.69, 9.17) is 0 Å². The monoisotopic (exact) mass is 386 g/mol. The van der Waals surface area contributed by atoms with Crippen molar-refractivity contribution in [1.29, 1.82) is 0 Å². The number of rotatable bonds is 4. The summed E-state index contributed by atoms with van der Waals surface area (Å²) in [6.07, 6.45) is 3.22. The lowest BCUT2D eigenvalue weighted by Gasteiger charge is -2.13. The van der Waals surface area contributed by atoms with Gasteiger partial charge in [0.15, 0.2) is 5.13 Å². The number of carbonyl (C=O) groups excluding carboxylic acids is 2. The zero-order chi connectivity index (χ0) is 18.7. The van der Waals surface area contributed by atoms with E-state index in [0.717, 1.165) is 5.01 Å². The number of hydrogen-bond acceptors (Lipinski definition) is 6. The topological polar surface area (TPSA) is 84.0 Å². The minimum Gasteiger partial charge on any atom is -0.321 e. The van der Waals surface area contributed by atoms with Crippen LogP contribution in [-0.4, -0.2) is 21.8 Å². The molecule has 0 aliphatic heterocycles. The van der Waals surface area contributed by atoms with E-state index in [1.165, 1.54) is 22.7 Å². The van der Waals surface area contributed by atoms with Crippen molar-refractivity contribution in [1.82, 2.24) is 9.97 Å². The van der Waals surface area contributed by atoms with E-state index in [-0.39, 0.29) is 17.2 Å². The number of carbonyl (C=O) groups is 2. The normalized spacial score (nSPS) is 11.2. The number of hydrogen-bond donors (Lipinski definition) is 2. The van der Waals surface area contributed by atoms with Gasteiger partial charge in [-0.05, 0) is 24.3 Å². The van der Waals surface area contributed by atoms with E-state index < -0.39 is 0 Å². The van der Waals surface area contributed by atoms with Crippen molar-refractivity contribution in [3.8, 4) is 0 Å². The Labute approximate surface area is 159 Å². The van der Waals surface area contributed by atoms with Crippen LogP contribution in [-0.2, 0) is 5.41 Å². The third-order valence-corrected chi connectivity index (χ3v) is 5.54. The summed E-state index contributed by atoms with van der Waals surface area (Å²) in [5, 5.41) is 8.79. The first-order chi connectivity index (χ1) is 12.3. The number of benzene rings is 1. The van der Waals surface area contributed by atoms with Gasteiger partial charge in [0.05, 0.1) is 11.2 Å². The van der Waals surface area contributed by atoms with Crippen molar-refractivity contribution < 1.29 is 9.59 Å². The van der Waals surface area contributed by atoms with E-state index in [1.54, 1.807) is 42.0 Å². The number of nitrogens with zero attached hydrogens (tertiary/aromatic N) is 2. The fourth-order valence-corrected chi connectivity index (χ4v) is 3.47. The molecule has 2 aromatic heterocycles. The maximum atomic E-state index is 12.4. The van der Waals surface area contributed by atoms with Crippen molar-refractivity contribution in [2.45, 2.75) is 26.2 Å². The molecular weight excluding hydrogens is 368 g/mol. The number of nitrogens with one attached hydrogen (secondary N) is 2. The second-order valence-corrected chi connectivity index (χ2v) is 8.53. The van der Waals surface area contributed by atoms with Gasteiger partial charge in [0.1, 0.15) is 4.88 Å². The summed E-state index contributed by atoms with van der Waals surface area (Å²) >= 11 is 2.74. The molecule has 0 unspecified atom stereocenters. The quantitative estimate of drug-likeness (QED) is 0.696. The van der Waals surface area contributed by atoms with Gasteiger partial charge in [-0.1, -0.05) is 20.8 Å². The van der Waals surface area contributed by atoms with E-state index in [9.17, 15) is 9.59 Å². The van der Waals surface area contributed by atoms with Crippen LogP contribution in [0.2, 0.25) is 0 Å². The molecule has 2 amide bonds. The van der Waals surface area contributed by atoms with Crippen LogP contribution in [0.3, 0.4) is 0 Å². The first kappa shape index (κ1) is 18.2. The predicted molar refractivity (Wildman–Crippen MR) is 105 cm³/mol. The summed E-state index contributed by atoms with van der Waals surface area (Å²) in [6.45, 7) is 6.18. The first-order valence-corrected chi connectivity index (χ1v) is 9.61. The molecule has 0 saturated heterocycles. The molecule has 0 atom stereocenters. The zero-order valence-electron chi connectivity index (χ0n) is 14.6. The van der Waals surface area contributed by atoms with Crippen LogP contribution in [0.1, 0.15) is 45.8 Å². The Morgan fingerprint density at radius 1 is 1.00 bits per heavy atom. The summed E-state index contributed by atoms with van der Waals surface area (Å²) in [4.78, 5) is 33.4. The highest BCUT2D eigenvalue weighted by molar-refractivity contribution is 7.14. The highest BCUT2D eigenvalue weighted by Gasteiger charge is 2.20. The summed E-state index contributed by atoms with van der Waals surface area (Å²) in [5.41, 5.74) is 1.02. The minimum atomic E-state index is -0.241. The number of anilines is 2. The molecule has 3 rings (SSSR count). The Balaban J connectivity index is 1.64. The third kappa shape index (κ3) is 4.33. The van der Waals surface area contributed by atoms with E-state index >= 15 is 0 Å². The second-order valence-electron chi connectivity index (χ2n) is 6.60. The molecule has 1 aromatic carbocycles. The van der Waals surface area contributed by atoms with Gasteiger partial charge < -0.3 is 5.32 Å². The second kappa shape index (κ2) is 7.35. The van der Waals surface area contributed by atoms with Crippen LogP contribution in [0.15, 0.2) is 42.0 Å². The van der Waals surface area contributed by atoms with Crippen LogP contribution in [0.25, 0.3) is 0 Å². The molecule has 0 bridgehead atoms. The number of amides is 2. The van der Waals surface area contributed by atoms with Gasteiger partial charge in [0.2, 0.25) is 0 Å². The molecule has 26 heavy (non-hydrogen) atoms. The van der Waals surface area contributed by atoms with E-state index in [0.29, 0.717) is 21.3 Å². The predicted octanol–water partition coefficient (Wildman–Crippen LogP) is 4.40. The molecule has 2 heterocycles. The van der Waals surface area contributed by atoms with Crippen molar-refractivity contribution in [3.63, 3.8) is 0 Å². The summed E-state index contributed by atoms with van der Waals surface area (Å²) in [7, 11) is 0. The van der Waals surface area contributed by atoms with Gasteiger partial charge in [-0.15, -0.1) is 22.7 Å². The Morgan fingerprint density at radius 2 is 1.73 bits per heavy atom. The lowest BCUT2D eigenvalue weighted by atomic mass is 9.98. The summed E-state index contributed by atoms with van der Waals surface area (Å²) < 4.78 is 0. The van der Waals surface area contributed by atoms with Crippen molar-refractivity contribution in [3.05, 3.63) is 57.5 Å². The van der Waals surface area contributed by atoms with Gasteiger partial charge in [-0.2, -0.15) is 0 Å². The summed E-state index contributed by atoms with van der Waals surface area (Å²) in [6, 6.07) is 6.71. The molecular formula is C18H18N4O2S2. The maximum Gasteiger partial charge on any atom is 0.267 e. The van der Waals surface area contributed by atoms with Crippen LogP contribution < -0.4 is 10.6 Å². The lowest BCUT2D eigenvalue weighted by molar-refractivity contribution is 0.102. The number of aromatic nitrogens is 2. The Kier molecular flexibility index (Phi) is 5.15.